The average molecular weight is 238 g/mol. The average Bonchev–Trinajstić information content (AvgIpc) is 2.30. The third-order valence-corrected chi connectivity index (χ3v) is 2.00. The van der Waals surface area contributed by atoms with Gasteiger partial charge in [0.2, 0.25) is 0 Å². The highest BCUT2D eigenvalue weighted by Crippen LogP contribution is 2.22. The minimum Gasteiger partial charge on any atom is -0.378 e. The first-order chi connectivity index (χ1) is 8.15. The van der Waals surface area contributed by atoms with Crippen molar-refractivity contribution in [3.8, 4) is 0 Å². The maximum absolute atomic E-state index is 10.7. The highest BCUT2D eigenvalue weighted by molar-refractivity contribution is 5.61. The van der Waals surface area contributed by atoms with E-state index in [0.717, 1.165) is 0 Å². The molecule has 0 fully saturated rings. The van der Waals surface area contributed by atoms with Crippen LogP contribution in [0.25, 0.3) is 0 Å². The Kier molecular flexibility index (Phi) is 4.70. The van der Waals surface area contributed by atoms with Crippen molar-refractivity contribution in [2.75, 3.05) is 18.4 Å². The lowest BCUT2D eigenvalue weighted by atomic mass is 10.2. The molecule has 1 aromatic rings. The molecule has 1 aromatic carbocycles. The second-order valence-electron chi connectivity index (χ2n) is 3.20. The standard InChI is InChI=1S/C9H14N6O2/c10-13-7-14(11)6-5-12-8-3-1-2-4-9(8)15(16)17/h1-4,7,12H,5-6,10-11H2/b13-7-. The summed E-state index contributed by atoms with van der Waals surface area (Å²) >= 11 is 0. The fourth-order valence-electron chi connectivity index (χ4n) is 1.25. The molecule has 0 atom stereocenters. The fourth-order valence-corrected chi connectivity index (χ4v) is 1.25. The molecular formula is C9H14N6O2. The number of rotatable bonds is 6. The number of para-hydroxylation sites is 2. The number of hydrogen-bond donors (Lipinski definition) is 3. The van der Waals surface area contributed by atoms with Crippen molar-refractivity contribution in [1.29, 1.82) is 0 Å². The monoisotopic (exact) mass is 238 g/mol. The Morgan fingerprint density at radius 1 is 1.53 bits per heavy atom. The van der Waals surface area contributed by atoms with Crippen LogP contribution in [0.3, 0.4) is 0 Å². The number of nitrogens with zero attached hydrogens (tertiary/aromatic N) is 3. The quantitative estimate of drug-likeness (QED) is 0.212. The Morgan fingerprint density at radius 3 is 2.88 bits per heavy atom. The summed E-state index contributed by atoms with van der Waals surface area (Å²) in [4.78, 5) is 10.3. The van der Waals surface area contributed by atoms with Crippen LogP contribution in [0.1, 0.15) is 0 Å². The molecule has 0 aliphatic heterocycles. The van der Waals surface area contributed by atoms with Gasteiger partial charge < -0.3 is 11.2 Å². The highest BCUT2D eigenvalue weighted by Gasteiger charge is 2.11. The van der Waals surface area contributed by atoms with Crippen LogP contribution in [-0.2, 0) is 0 Å². The van der Waals surface area contributed by atoms with Gasteiger partial charge in [0.05, 0.1) is 11.5 Å². The van der Waals surface area contributed by atoms with Crippen LogP contribution in [-0.4, -0.2) is 29.4 Å². The maximum Gasteiger partial charge on any atom is 0.292 e. The van der Waals surface area contributed by atoms with Crippen molar-refractivity contribution in [3.63, 3.8) is 0 Å². The van der Waals surface area contributed by atoms with Gasteiger partial charge in [0, 0.05) is 12.6 Å². The Bertz CT molecular complexity index is 408. The fraction of sp³-hybridized carbons (Fsp3) is 0.222. The number of nitrogens with two attached hydrogens (primary N) is 2. The van der Waals surface area contributed by atoms with Gasteiger partial charge >= 0.3 is 0 Å². The first kappa shape index (κ1) is 12.7. The molecule has 8 heteroatoms. The van der Waals surface area contributed by atoms with E-state index in [4.69, 9.17) is 11.7 Å². The van der Waals surface area contributed by atoms with Crippen molar-refractivity contribution in [2.24, 2.45) is 16.8 Å². The zero-order valence-corrected chi connectivity index (χ0v) is 9.11. The molecule has 0 aliphatic carbocycles. The van der Waals surface area contributed by atoms with Gasteiger partial charge in [-0.15, -0.1) is 0 Å². The van der Waals surface area contributed by atoms with E-state index in [1.165, 1.54) is 17.4 Å². The topological polar surface area (TPSA) is 123 Å². The molecule has 92 valence electrons. The number of nitrogens with one attached hydrogen (secondary N) is 1. The van der Waals surface area contributed by atoms with Gasteiger partial charge in [-0.05, 0) is 6.07 Å². The van der Waals surface area contributed by atoms with Gasteiger partial charge in [0.1, 0.15) is 12.0 Å². The summed E-state index contributed by atoms with van der Waals surface area (Å²) in [6.45, 7) is 0.861. The van der Waals surface area contributed by atoms with Crippen LogP contribution in [0.2, 0.25) is 0 Å². The molecule has 5 N–H and O–H groups in total. The predicted octanol–water partition coefficient (Wildman–Crippen LogP) is 0.0844. The number of hydrogen-bond acceptors (Lipinski definition) is 6. The number of nitro groups is 1. The summed E-state index contributed by atoms with van der Waals surface area (Å²) in [5.74, 6) is 10.4. The van der Waals surface area contributed by atoms with Crippen LogP contribution >= 0.6 is 0 Å². The maximum atomic E-state index is 10.7. The summed E-state index contributed by atoms with van der Waals surface area (Å²) in [7, 11) is 0. The predicted molar refractivity (Wildman–Crippen MR) is 65.2 cm³/mol. The normalized spacial score (nSPS) is 10.4. The molecule has 0 aromatic heterocycles. The molecule has 8 nitrogen and oxygen atoms in total. The molecule has 0 unspecified atom stereocenters. The van der Waals surface area contributed by atoms with Crippen LogP contribution in [0, 0.1) is 10.1 Å². The molecule has 0 spiro atoms. The number of benzene rings is 1. The molecule has 17 heavy (non-hydrogen) atoms. The number of hydrazine groups is 1. The van der Waals surface area contributed by atoms with Crippen LogP contribution in [0.15, 0.2) is 29.4 Å². The molecule has 0 amide bonds. The minimum atomic E-state index is -0.441. The van der Waals surface area contributed by atoms with Gasteiger partial charge in [0.25, 0.3) is 5.69 Å². The van der Waals surface area contributed by atoms with E-state index in [0.29, 0.717) is 18.8 Å². The molecule has 1 rings (SSSR count). The van der Waals surface area contributed by atoms with Crippen molar-refractivity contribution >= 4 is 17.7 Å². The second kappa shape index (κ2) is 6.28. The number of nitro benzene ring substituents is 1. The lowest BCUT2D eigenvalue weighted by Gasteiger charge is -2.13. The first-order valence-electron chi connectivity index (χ1n) is 4.87. The molecule has 0 saturated carbocycles. The van der Waals surface area contributed by atoms with E-state index >= 15 is 0 Å². The van der Waals surface area contributed by atoms with E-state index in [1.807, 2.05) is 0 Å². The lowest BCUT2D eigenvalue weighted by molar-refractivity contribution is -0.384. The number of anilines is 1. The lowest BCUT2D eigenvalue weighted by Crippen LogP contribution is -2.34. The summed E-state index contributed by atoms with van der Waals surface area (Å²) in [5, 5.41) is 18.2. The van der Waals surface area contributed by atoms with E-state index in [-0.39, 0.29) is 5.69 Å². The van der Waals surface area contributed by atoms with Crippen molar-refractivity contribution in [3.05, 3.63) is 34.4 Å². The summed E-state index contributed by atoms with van der Waals surface area (Å²) in [6.07, 6.45) is 1.26. The number of hydrazone groups is 1. The molecule has 0 heterocycles. The second-order valence-corrected chi connectivity index (χ2v) is 3.20. The van der Waals surface area contributed by atoms with Gasteiger partial charge in [0.15, 0.2) is 0 Å². The SMILES string of the molecule is N/N=C\N(N)CCNc1ccccc1[N+](=O)[O-]. The van der Waals surface area contributed by atoms with E-state index in [2.05, 4.69) is 10.4 Å². The molecular weight excluding hydrogens is 224 g/mol. The van der Waals surface area contributed by atoms with E-state index < -0.39 is 4.92 Å². The minimum absolute atomic E-state index is 0.0311. The van der Waals surface area contributed by atoms with Gasteiger partial charge in [-0.2, -0.15) is 5.10 Å². The van der Waals surface area contributed by atoms with Crippen molar-refractivity contribution in [2.45, 2.75) is 0 Å². The zero-order valence-electron chi connectivity index (χ0n) is 9.11. The zero-order chi connectivity index (χ0) is 12.7. The van der Waals surface area contributed by atoms with Crippen LogP contribution in [0.5, 0.6) is 0 Å². The largest absolute Gasteiger partial charge is 0.378 e. The van der Waals surface area contributed by atoms with Crippen LogP contribution < -0.4 is 17.0 Å². The summed E-state index contributed by atoms with van der Waals surface area (Å²) < 4.78 is 0. The Hall–Kier alpha value is -2.35. The van der Waals surface area contributed by atoms with Gasteiger partial charge in [-0.25, -0.2) is 5.84 Å². The van der Waals surface area contributed by atoms with E-state index in [1.54, 1.807) is 18.2 Å². The Labute approximate surface area is 98.0 Å². The Morgan fingerprint density at radius 2 is 2.24 bits per heavy atom. The van der Waals surface area contributed by atoms with Crippen molar-refractivity contribution < 1.29 is 4.92 Å². The highest BCUT2D eigenvalue weighted by atomic mass is 16.6. The molecule has 0 radical (unpaired) electrons. The third-order valence-electron chi connectivity index (χ3n) is 2.00. The van der Waals surface area contributed by atoms with E-state index in [9.17, 15) is 10.1 Å². The smallest absolute Gasteiger partial charge is 0.292 e. The first-order valence-corrected chi connectivity index (χ1v) is 4.87. The van der Waals surface area contributed by atoms with Gasteiger partial charge in [-0.1, -0.05) is 12.1 Å². The summed E-state index contributed by atoms with van der Waals surface area (Å²) in [6, 6.07) is 6.40. The molecule has 0 aliphatic rings. The molecule has 0 bridgehead atoms. The van der Waals surface area contributed by atoms with Gasteiger partial charge in [-0.3, -0.25) is 15.1 Å². The third kappa shape index (κ3) is 3.95. The van der Waals surface area contributed by atoms with Crippen LogP contribution in [0.4, 0.5) is 11.4 Å². The van der Waals surface area contributed by atoms with Crippen molar-refractivity contribution in [1.82, 2.24) is 5.01 Å². The molecule has 0 saturated heterocycles. The Balaban J connectivity index is 2.54. The summed E-state index contributed by atoms with van der Waals surface area (Å²) in [5.41, 5.74) is 0.485.